The van der Waals surface area contributed by atoms with Gasteiger partial charge in [-0.2, -0.15) is 4.31 Å². The summed E-state index contributed by atoms with van der Waals surface area (Å²) in [4.78, 5) is 16.2. The Morgan fingerprint density at radius 3 is 2.81 bits per heavy atom. The van der Waals surface area contributed by atoms with Gasteiger partial charge >= 0.3 is 0 Å². The average molecular weight is 472 g/mol. The minimum Gasteiger partial charge on any atom is -0.382 e. The molecule has 1 N–H and O–H groups in total. The normalized spacial score (nSPS) is 17.3. The zero-order chi connectivity index (χ0) is 22.3. The molecule has 0 spiro atoms. The van der Waals surface area contributed by atoms with Gasteiger partial charge in [0, 0.05) is 49.4 Å². The molecule has 1 aromatic heterocycles. The molecule has 1 aliphatic rings. The Morgan fingerprint density at radius 2 is 2.00 bits per heavy atom. The van der Waals surface area contributed by atoms with Crippen molar-refractivity contribution in [3.8, 4) is 0 Å². The van der Waals surface area contributed by atoms with Gasteiger partial charge in [0.25, 0.3) is 0 Å². The highest BCUT2D eigenvalue weighted by atomic mass is 35.5. The van der Waals surface area contributed by atoms with Gasteiger partial charge in [-0.05, 0) is 12.5 Å². The lowest BCUT2D eigenvalue weighted by molar-refractivity contribution is -0.126. The summed E-state index contributed by atoms with van der Waals surface area (Å²) >= 11 is 6.24. The molecule has 11 heteroatoms. The monoisotopic (exact) mass is 471 g/mol. The van der Waals surface area contributed by atoms with Gasteiger partial charge in [-0.25, -0.2) is 8.42 Å². The van der Waals surface area contributed by atoms with Crippen LogP contribution in [-0.4, -0.2) is 82.9 Å². The number of pyridine rings is 1. The first-order valence-electron chi connectivity index (χ1n) is 9.89. The van der Waals surface area contributed by atoms with Crippen LogP contribution in [-0.2, 0) is 29.0 Å². The van der Waals surface area contributed by atoms with E-state index in [0.717, 1.165) is 0 Å². The predicted octanol–water partition coefficient (Wildman–Crippen LogP) is 1.45. The standard InChI is InChI=1S/C20H26ClN3O6S/c1-28-7-8-29-9-10-30-14-19(25)23-16-5-6-24(13-16)31(26,27)18-4-2-3-15-11-22-12-17(21)20(15)18/h2-4,11-12,16H,5-10,13-14H2,1H3,(H,23,25). The number of amides is 1. The van der Waals surface area contributed by atoms with Gasteiger partial charge in [0.2, 0.25) is 15.9 Å². The van der Waals surface area contributed by atoms with Gasteiger partial charge in [0.15, 0.2) is 0 Å². The van der Waals surface area contributed by atoms with Gasteiger partial charge in [0.05, 0.1) is 36.3 Å². The molecule has 0 bridgehead atoms. The molecule has 1 fully saturated rings. The largest absolute Gasteiger partial charge is 0.382 e. The molecule has 1 amide bonds. The molecule has 0 radical (unpaired) electrons. The van der Waals surface area contributed by atoms with Gasteiger partial charge < -0.3 is 19.5 Å². The van der Waals surface area contributed by atoms with E-state index in [1.54, 1.807) is 25.4 Å². The molecule has 1 atom stereocenters. The Kier molecular flexibility index (Phi) is 8.58. The molecular formula is C20H26ClN3O6S. The summed E-state index contributed by atoms with van der Waals surface area (Å²) < 4.78 is 43.2. The van der Waals surface area contributed by atoms with Crippen LogP contribution in [0.3, 0.4) is 0 Å². The van der Waals surface area contributed by atoms with E-state index in [0.29, 0.717) is 50.2 Å². The SMILES string of the molecule is COCCOCCOCC(=O)NC1CCN(S(=O)(=O)c2cccc3cncc(Cl)c23)C1. The van der Waals surface area contributed by atoms with Crippen molar-refractivity contribution in [1.82, 2.24) is 14.6 Å². The summed E-state index contributed by atoms with van der Waals surface area (Å²) in [6, 6.07) is 4.69. The van der Waals surface area contributed by atoms with Crippen LogP contribution < -0.4 is 5.32 Å². The first-order chi connectivity index (χ1) is 14.9. The van der Waals surface area contributed by atoms with Gasteiger partial charge in [-0.3, -0.25) is 9.78 Å². The number of methoxy groups -OCH3 is 1. The fraction of sp³-hybridized carbons (Fsp3) is 0.500. The van der Waals surface area contributed by atoms with Crippen molar-refractivity contribution in [1.29, 1.82) is 0 Å². The average Bonchev–Trinajstić information content (AvgIpc) is 3.22. The third-order valence-corrected chi connectivity index (χ3v) is 7.06. The lowest BCUT2D eigenvalue weighted by atomic mass is 10.2. The van der Waals surface area contributed by atoms with Crippen molar-refractivity contribution in [3.05, 3.63) is 35.6 Å². The number of ether oxygens (including phenoxy) is 3. The molecule has 1 unspecified atom stereocenters. The second-order valence-corrected chi connectivity index (χ2v) is 9.36. The number of benzene rings is 1. The van der Waals surface area contributed by atoms with E-state index < -0.39 is 10.0 Å². The summed E-state index contributed by atoms with van der Waals surface area (Å²) in [5.41, 5.74) is 0. The second-order valence-electron chi connectivity index (χ2n) is 7.05. The highest BCUT2D eigenvalue weighted by Gasteiger charge is 2.34. The topological polar surface area (TPSA) is 107 Å². The maximum atomic E-state index is 13.2. The number of sulfonamides is 1. The van der Waals surface area contributed by atoms with Gasteiger partial charge in [0.1, 0.15) is 6.61 Å². The molecule has 0 saturated carbocycles. The number of halogens is 1. The maximum absolute atomic E-state index is 13.2. The quantitative estimate of drug-likeness (QED) is 0.494. The lowest BCUT2D eigenvalue weighted by Crippen LogP contribution is -2.40. The minimum absolute atomic E-state index is 0.108. The molecule has 0 aliphatic carbocycles. The van der Waals surface area contributed by atoms with Crippen LogP contribution in [0.25, 0.3) is 10.8 Å². The van der Waals surface area contributed by atoms with E-state index in [1.165, 1.54) is 16.6 Å². The minimum atomic E-state index is -3.78. The van der Waals surface area contributed by atoms with Crippen molar-refractivity contribution in [2.45, 2.75) is 17.4 Å². The zero-order valence-electron chi connectivity index (χ0n) is 17.3. The van der Waals surface area contributed by atoms with E-state index in [9.17, 15) is 13.2 Å². The number of carbonyl (C=O) groups excluding carboxylic acids is 1. The highest BCUT2D eigenvalue weighted by molar-refractivity contribution is 7.89. The zero-order valence-corrected chi connectivity index (χ0v) is 18.8. The second kappa shape index (κ2) is 11.2. The van der Waals surface area contributed by atoms with E-state index >= 15 is 0 Å². The van der Waals surface area contributed by atoms with E-state index in [-0.39, 0.29) is 35.0 Å². The molecule has 1 aliphatic heterocycles. The summed E-state index contributed by atoms with van der Waals surface area (Å²) in [6.07, 6.45) is 3.53. The molecular weight excluding hydrogens is 446 g/mol. The van der Waals surface area contributed by atoms with E-state index in [2.05, 4.69) is 10.3 Å². The molecule has 9 nitrogen and oxygen atoms in total. The summed E-state index contributed by atoms with van der Waals surface area (Å²) in [5, 5.41) is 4.21. The number of rotatable bonds is 11. The van der Waals surface area contributed by atoms with Gasteiger partial charge in [-0.15, -0.1) is 0 Å². The number of carbonyl (C=O) groups is 1. The first-order valence-corrected chi connectivity index (χ1v) is 11.7. The van der Waals surface area contributed by atoms with Crippen LogP contribution in [0.1, 0.15) is 6.42 Å². The fourth-order valence-corrected chi connectivity index (χ4v) is 5.43. The van der Waals surface area contributed by atoms with Crippen LogP contribution in [0.4, 0.5) is 0 Å². The van der Waals surface area contributed by atoms with Crippen LogP contribution in [0.2, 0.25) is 5.02 Å². The van der Waals surface area contributed by atoms with Gasteiger partial charge in [-0.1, -0.05) is 23.7 Å². The van der Waals surface area contributed by atoms with Crippen LogP contribution in [0.15, 0.2) is 35.5 Å². The Hall–Kier alpha value is -1.82. The van der Waals surface area contributed by atoms with Crippen molar-refractivity contribution < 1.29 is 27.4 Å². The van der Waals surface area contributed by atoms with Crippen molar-refractivity contribution in [2.75, 3.05) is 53.2 Å². The fourth-order valence-electron chi connectivity index (χ4n) is 3.37. The smallest absolute Gasteiger partial charge is 0.246 e. The number of aromatic nitrogens is 1. The summed E-state index contributed by atoms with van der Waals surface area (Å²) in [7, 11) is -2.19. The van der Waals surface area contributed by atoms with Crippen LogP contribution >= 0.6 is 11.6 Å². The lowest BCUT2D eigenvalue weighted by Gasteiger charge is -2.18. The summed E-state index contributed by atoms with van der Waals surface area (Å²) in [6.45, 7) is 2.02. The summed E-state index contributed by atoms with van der Waals surface area (Å²) in [5.74, 6) is -0.291. The van der Waals surface area contributed by atoms with Crippen molar-refractivity contribution >= 4 is 38.3 Å². The highest BCUT2D eigenvalue weighted by Crippen LogP contribution is 2.32. The molecule has 2 aromatic rings. The maximum Gasteiger partial charge on any atom is 0.246 e. The third kappa shape index (κ3) is 6.12. The number of nitrogens with one attached hydrogen (secondary N) is 1. The molecule has 1 saturated heterocycles. The van der Waals surface area contributed by atoms with Crippen molar-refractivity contribution in [2.24, 2.45) is 0 Å². The van der Waals surface area contributed by atoms with Crippen LogP contribution in [0.5, 0.6) is 0 Å². The molecule has 1 aromatic carbocycles. The number of nitrogens with zero attached hydrogens (tertiary/aromatic N) is 2. The van der Waals surface area contributed by atoms with Crippen LogP contribution in [0, 0.1) is 0 Å². The predicted molar refractivity (Wildman–Crippen MR) is 116 cm³/mol. The van der Waals surface area contributed by atoms with E-state index in [1.807, 2.05) is 0 Å². The number of fused-ring (bicyclic) bond motifs is 1. The van der Waals surface area contributed by atoms with Crippen molar-refractivity contribution in [3.63, 3.8) is 0 Å². The molecule has 2 heterocycles. The first kappa shape index (κ1) is 23.8. The Bertz CT molecular complexity index is 998. The Labute approximate surface area is 186 Å². The number of hydrogen-bond donors (Lipinski definition) is 1. The Balaban J connectivity index is 1.53. The molecule has 31 heavy (non-hydrogen) atoms. The Morgan fingerprint density at radius 1 is 1.23 bits per heavy atom. The van der Waals surface area contributed by atoms with E-state index in [4.69, 9.17) is 25.8 Å². The molecule has 3 rings (SSSR count). The third-order valence-electron chi connectivity index (χ3n) is 4.87. The molecule has 170 valence electrons. The number of hydrogen-bond acceptors (Lipinski definition) is 7.